The van der Waals surface area contributed by atoms with E-state index in [0.29, 0.717) is 0 Å². The van der Waals surface area contributed by atoms with Gasteiger partial charge in [0.05, 0.1) is 0 Å². The maximum absolute atomic E-state index is 3.54. The van der Waals surface area contributed by atoms with E-state index >= 15 is 0 Å². The summed E-state index contributed by atoms with van der Waals surface area (Å²) in [6, 6.07) is 0.801. The van der Waals surface area contributed by atoms with Gasteiger partial charge in [0.2, 0.25) is 0 Å². The van der Waals surface area contributed by atoms with Crippen molar-refractivity contribution in [3.63, 3.8) is 0 Å². The second-order valence-corrected chi connectivity index (χ2v) is 4.74. The average Bonchev–Trinajstić information content (AvgIpc) is 2.69. The summed E-state index contributed by atoms with van der Waals surface area (Å²) in [5, 5.41) is 3.54. The van der Waals surface area contributed by atoms with Crippen molar-refractivity contribution >= 4 is 0 Å². The largest absolute Gasteiger partial charge is 0.314 e. The van der Waals surface area contributed by atoms with Crippen molar-refractivity contribution in [3.05, 3.63) is 0 Å². The zero-order chi connectivity index (χ0) is 11.7. The summed E-state index contributed by atoms with van der Waals surface area (Å²) in [5.41, 5.74) is 0. The van der Waals surface area contributed by atoms with Crippen LogP contribution in [0.2, 0.25) is 0 Å². The van der Waals surface area contributed by atoms with E-state index in [-0.39, 0.29) is 0 Å². The minimum atomic E-state index is 0.793. The fourth-order valence-corrected chi connectivity index (χ4v) is 2.09. The summed E-state index contributed by atoms with van der Waals surface area (Å²) < 4.78 is 0. The summed E-state index contributed by atoms with van der Waals surface area (Å²) in [5.74, 6) is 0.793. The fourth-order valence-electron chi connectivity index (χ4n) is 2.09. The van der Waals surface area contributed by atoms with Gasteiger partial charge in [0, 0.05) is 12.6 Å². The quantitative estimate of drug-likeness (QED) is 0.757. The molecule has 0 amide bonds. The second kappa shape index (κ2) is 9.17. The highest BCUT2D eigenvalue weighted by atomic mass is 15.1. The van der Waals surface area contributed by atoms with Gasteiger partial charge in [-0.25, -0.2) is 0 Å². The zero-order valence-electron chi connectivity index (χ0n) is 11.3. The Kier molecular flexibility index (Phi) is 9.12. The Balaban J connectivity index is 0.000000921. The van der Waals surface area contributed by atoms with Crippen LogP contribution in [0.5, 0.6) is 0 Å². The van der Waals surface area contributed by atoms with Gasteiger partial charge in [-0.1, -0.05) is 27.7 Å². The molecule has 1 rings (SSSR count). The molecule has 2 nitrogen and oxygen atoms in total. The van der Waals surface area contributed by atoms with E-state index in [4.69, 9.17) is 0 Å². The summed E-state index contributed by atoms with van der Waals surface area (Å²) in [6.07, 6.45) is 4.08. The molecule has 92 valence electrons. The maximum Gasteiger partial charge on any atom is 0.00797 e. The molecule has 1 atom stereocenters. The van der Waals surface area contributed by atoms with Crippen molar-refractivity contribution in [2.24, 2.45) is 5.92 Å². The van der Waals surface area contributed by atoms with Crippen LogP contribution < -0.4 is 5.32 Å². The van der Waals surface area contributed by atoms with Crippen LogP contribution in [0.25, 0.3) is 0 Å². The molecule has 0 radical (unpaired) electrons. The first-order valence-corrected chi connectivity index (χ1v) is 6.60. The topological polar surface area (TPSA) is 15.3 Å². The van der Waals surface area contributed by atoms with Crippen LogP contribution in [0.1, 0.15) is 47.0 Å². The third kappa shape index (κ3) is 7.80. The molecule has 1 aliphatic heterocycles. The highest BCUT2D eigenvalue weighted by molar-refractivity contribution is 4.75. The lowest BCUT2D eigenvalue weighted by molar-refractivity contribution is 0.280. The van der Waals surface area contributed by atoms with Crippen LogP contribution in [-0.4, -0.2) is 37.6 Å². The Morgan fingerprint density at radius 3 is 2.47 bits per heavy atom. The lowest BCUT2D eigenvalue weighted by Gasteiger charge is -2.20. The van der Waals surface area contributed by atoms with Crippen LogP contribution in [0.3, 0.4) is 0 Å². The molecule has 1 saturated heterocycles. The Bertz CT molecular complexity index is 128. The van der Waals surface area contributed by atoms with Crippen LogP contribution in [0.15, 0.2) is 0 Å². The predicted octanol–water partition coefficient (Wildman–Crippen LogP) is 2.74. The highest BCUT2D eigenvalue weighted by Crippen LogP contribution is 2.09. The van der Waals surface area contributed by atoms with Gasteiger partial charge < -0.3 is 10.2 Å². The molecule has 0 aromatic heterocycles. The summed E-state index contributed by atoms with van der Waals surface area (Å²) in [6.45, 7) is 12.3. The lowest BCUT2D eigenvalue weighted by atomic mass is 10.1. The molecular formula is C13H30N2. The van der Waals surface area contributed by atoms with E-state index in [2.05, 4.69) is 31.1 Å². The van der Waals surface area contributed by atoms with Gasteiger partial charge in [0.25, 0.3) is 0 Å². The van der Waals surface area contributed by atoms with Crippen LogP contribution in [-0.2, 0) is 0 Å². The molecule has 1 aliphatic rings. The molecule has 2 heteroatoms. The molecule has 0 aromatic carbocycles. The third-order valence-electron chi connectivity index (χ3n) is 2.70. The van der Waals surface area contributed by atoms with Crippen molar-refractivity contribution in [1.82, 2.24) is 10.2 Å². The molecule has 1 heterocycles. The van der Waals surface area contributed by atoms with E-state index in [1.165, 1.54) is 38.9 Å². The smallest absolute Gasteiger partial charge is 0.00797 e. The van der Waals surface area contributed by atoms with Crippen molar-refractivity contribution in [1.29, 1.82) is 0 Å². The molecule has 0 aliphatic carbocycles. The van der Waals surface area contributed by atoms with Crippen LogP contribution in [0, 0.1) is 5.92 Å². The van der Waals surface area contributed by atoms with Crippen molar-refractivity contribution in [3.8, 4) is 0 Å². The molecule has 1 unspecified atom stereocenters. The van der Waals surface area contributed by atoms with Crippen LogP contribution >= 0.6 is 0 Å². The van der Waals surface area contributed by atoms with Gasteiger partial charge in [-0.2, -0.15) is 0 Å². The lowest BCUT2D eigenvalue weighted by Crippen LogP contribution is -2.30. The highest BCUT2D eigenvalue weighted by Gasteiger charge is 2.14. The first-order chi connectivity index (χ1) is 7.18. The number of nitrogens with one attached hydrogen (secondary N) is 1. The molecular weight excluding hydrogens is 184 g/mol. The van der Waals surface area contributed by atoms with Gasteiger partial charge in [-0.3, -0.25) is 0 Å². The summed E-state index contributed by atoms with van der Waals surface area (Å²) >= 11 is 0. The minimum absolute atomic E-state index is 0.793. The number of hydrogen-bond donors (Lipinski definition) is 1. The monoisotopic (exact) mass is 214 g/mol. The van der Waals surface area contributed by atoms with Crippen LogP contribution in [0.4, 0.5) is 0 Å². The Morgan fingerprint density at radius 1 is 1.33 bits per heavy atom. The molecule has 0 spiro atoms. The number of hydrogen-bond acceptors (Lipinski definition) is 2. The van der Waals surface area contributed by atoms with Gasteiger partial charge in [-0.05, 0) is 45.3 Å². The van der Waals surface area contributed by atoms with E-state index in [0.717, 1.165) is 12.0 Å². The Morgan fingerprint density at radius 2 is 2.00 bits per heavy atom. The van der Waals surface area contributed by atoms with Gasteiger partial charge in [0.15, 0.2) is 0 Å². The average molecular weight is 214 g/mol. The van der Waals surface area contributed by atoms with Crippen molar-refractivity contribution in [2.45, 2.75) is 53.0 Å². The van der Waals surface area contributed by atoms with E-state index in [9.17, 15) is 0 Å². The first kappa shape index (κ1) is 14.9. The molecule has 0 bridgehead atoms. The molecule has 0 aromatic rings. The Labute approximate surface area is 96.4 Å². The molecule has 1 fully saturated rings. The van der Waals surface area contributed by atoms with E-state index in [1.807, 2.05) is 13.8 Å². The van der Waals surface area contributed by atoms with Gasteiger partial charge >= 0.3 is 0 Å². The van der Waals surface area contributed by atoms with Gasteiger partial charge in [0.1, 0.15) is 0 Å². The first-order valence-electron chi connectivity index (χ1n) is 6.60. The SMILES string of the molecule is CC.CC(C)CN(C)CCC1CCCN1. The molecule has 1 N–H and O–H groups in total. The van der Waals surface area contributed by atoms with E-state index in [1.54, 1.807) is 0 Å². The number of rotatable bonds is 5. The standard InChI is InChI=1S/C11H24N2.C2H6/c1-10(2)9-13(3)8-6-11-5-4-7-12-11;1-2/h10-12H,4-9H2,1-3H3;1-2H3. The Hall–Kier alpha value is -0.0800. The number of nitrogens with zero attached hydrogens (tertiary/aromatic N) is 1. The zero-order valence-corrected chi connectivity index (χ0v) is 11.3. The normalized spacial score (nSPS) is 20.6. The fraction of sp³-hybridized carbons (Fsp3) is 1.00. The second-order valence-electron chi connectivity index (χ2n) is 4.74. The third-order valence-corrected chi connectivity index (χ3v) is 2.70. The van der Waals surface area contributed by atoms with Gasteiger partial charge in [-0.15, -0.1) is 0 Å². The molecule has 0 saturated carbocycles. The molecule has 15 heavy (non-hydrogen) atoms. The minimum Gasteiger partial charge on any atom is -0.314 e. The summed E-state index contributed by atoms with van der Waals surface area (Å²) in [4.78, 5) is 2.45. The van der Waals surface area contributed by atoms with E-state index < -0.39 is 0 Å². The summed E-state index contributed by atoms with van der Waals surface area (Å²) in [7, 11) is 2.23. The van der Waals surface area contributed by atoms with Crippen molar-refractivity contribution in [2.75, 3.05) is 26.7 Å². The predicted molar refractivity (Wildman–Crippen MR) is 69.3 cm³/mol. The van der Waals surface area contributed by atoms with Crippen molar-refractivity contribution < 1.29 is 0 Å². The maximum atomic E-state index is 3.54.